The van der Waals surface area contributed by atoms with Crippen molar-refractivity contribution >= 4 is 27.4 Å². The summed E-state index contributed by atoms with van der Waals surface area (Å²) in [6.45, 7) is 4.40. The summed E-state index contributed by atoms with van der Waals surface area (Å²) in [5.41, 5.74) is 0.422. The Kier molecular flexibility index (Phi) is 12.5. The van der Waals surface area contributed by atoms with Gasteiger partial charge in [0.1, 0.15) is 0 Å². The minimum absolute atomic E-state index is 0.0345. The first-order valence-corrected chi connectivity index (χ1v) is 16.2. The predicted molar refractivity (Wildman–Crippen MR) is 153 cm³/mol. The monoisotopic (exact) mass is 559 g/mol. The second-order valence-corrected chi connectivity index (χ2v) is 12.3. The Morgan fingerprint density at radius 2 is 1.44 bits per heavy atom. The van der Waals surface area contributed by atoms with Crippen molar-refractivity contribution in [3.8, 4) is 0 Å². The molecule has 0 spiro atoms. The van der Waals surface area contributed by atoms with Crippen molar-refractivity contribution in [1.82, 2.24) is 14.5 Å². The number of unbranched alkanes of at least 4 members (excludes halogenated alkanes) is 12. The maximum Gasteiger partial charge on any atom is 0.311 e. The van der Waals surface area contributed by atoms with E-state index in [1.807, 2.05) is 0 Å². The zero-order valence-corrected chi connectivity index (χ0v) is 24.7. The van der Waals surface area contributed by atoms with Crippen molar-refractivity contribution in [2.75, 3.05) is 7.05 Å². The van der Waals surface area contributed by atoms with E-state index in [1.54, 1.807) is 18.2 Å². The molecule has 0 N–H and O–H groups in total. The summed E-state index contributed by atoms with van der Waals surface area (Å²) >= 11 is 0. The molecule has 0 radical (unpaired) electrons. The molecule has 8 nitrogen and oxygen atoms in total. The highest BCUT2D eigenvalue weighted by Gasteiger charge is 2.39. The van der Waals surface area contributed by atoms with E-state index in [9.17, 15) is 13.2 Å². The van der Waals surface area contributed by atoms with E-state index >= 15 is 0 Å². The summed E-state index contributed by atoms with van der Waals surface area (Å²) in [6, 6.07) is 6.54. The summed E-state index contributed by atoms with van der Waals surface area (Å²) in [4.78, 5) is 13.0. The van der Waals surface area contributed by atoms with Gasteiger partial charge in [0.25, 0.3) is 15.9 Å². The van der Waals surface area contributed by atoms with Crippen LogP contribution in [0.2, 0.25) is 0 Å². The average molecular weight is 560 g/mol. The molecule has 0 atom stereocenters. The maximum atomic E-state index is 13.3. The molecule has 0 bridgehead atoms. The van der Waals surface area contributed by atoms with E-state index in [4.69, 9.17) is 9.15 Å². The third-order valence-corrected chi connectivity index (χ3v) is 8.98. The van der Waals surface area contributed by atoms with Crippen LogP contribution in [0.3, 0.4) is 0 Å². The molecule has 0 aliphatic carbocycles. The number of hydrogen-bond donors (Lipinski definition) is 0. The Balaban J connectivity index is 1.74. The van der Waals surface area contributed by atoms with Gasteiger partial charge in [-0.05, 0) is 25.0 Å². The van der Waals surface area contributed by atoms with Crippen LogP contribution in [0.4, 0.5) is 0 Å². The standard InChI is InChI=1S/C30H45N3O5S/c1-4-6-8-10-12-14-16-22-26-31-32-30(37-26)28-29(38-27(34)23-17-15-13-11-9-7-5-2)24-20-18-19-21-25(24)39(35,36)33(28)3/h18-21H,4-17,22-23H2,1-3H3. The second-order valence-electron chi connectivity index (χ2n) is 10.4. The quantitative estimate of drug-likeness (QED) is 0.138. The van der Waals surface area contributed by atoms with Gasteiger partial charge in [0.05, 0.1) is 4.90 Å². The molecule has 1 aliphatic heterocycles. The fraction of sp³-hybridized carbons (Fsp3) is 0.633. The molecule has 1 aromatic heterocycles. The van der Waals surface area contributed by atoms with Crippen LogP contribution in [-0.4, -0.2) is 35.9 Å². The number of rotatable bonds is 18. The number of carbonyl (C=O) groups excluding carboxylic acids is 1. The minimum Gasteiger partial charge on any atom is -0.423 e. The smallest absolute Gasteiger partial charge is 0.311 e. The summed E-state index contributed by atoms with van der Waals surface area (Å²) in [5.74, 6) is 0.222. The molecular weight excluding hydrogens is 514 g/mol. The van der Waals surface area contributed by atoms with Gasteiger partial charge in [-0.15, -0.1) is 10.2 Å². The number of benzene rings is 1. The molecule has 0 unspecified atom stereocenters. The van der Waals surface area contributed by atoms with Gasteiger partial charge >= 0.3 is 5.97 Å². The summed E-state index contributed by atoms with van der Waals surface area (Å²) in [5, 5.41) is 8.33. The van der Waals surface area contributed by atoms with Crippen molar-refractivity contribution in [2.24, 2.45) is 0 Å². The van der Waals surface area contributed by atoms with Crippen LogP contribution in [0.1, 0.15) is 128 Å². The van der Waals surface area contributed by atoms with Gasteiger partial charge in [0.15, 0.2) is 11.5 Å². The molecule has 0 saturated heterocycles. The molecule has 0 amide bonds. The minimum atomic E-state index is -3.89. The topological polar surface area (TPSA) is 103 Å². The van der Waals surface area contributed by atoms with Crippen molar-refractivity contribution in [1.29, 1.82) is 0 Å². The van der Waals surface area contributed by atoms with Crippen LogP contribution in [0, 0.1) is 0 Å². The number of fused-ring (bicyclic) bond motifs is 1. The van der Waals surface area contributed by atoms with Crippen molar-refractivity contribution in [2.45, 2.75) is 121 Å². The lowest BCUT2D eigenvalue weighted by molar-refractivity contribution is -0.136. The highest BCUT2D eigenvalue weighted by molar-refractivity contribution is 7.89. The Labute approximate surface area is 234 Å². The number of carbonyl (C=O) groups is 1. The maximum absolute atomic E-state index is 13.3. The second kappa shape index (κ2) is 15.8. The number of sulfonamides is 1. The van der Waals surface area contributed by atoms with Gasteiger partial charge in [-0.1, -0.05) is 103 Å². The summed E-state index contributed by atoms with van der Waals surface area (Å²) < 4.78 is 39.5. The molecule has 9 heteroatoms. The lowest BCUT2D eigenvalue weighted by Gasteiger charge is -2.29. The molecular formula is C30H45N3O5S. The molecule has 1 aliphatic rings. The average Bonchev–Trinajstić information content (AvgIpc) is 3.39. The Morgan fingerprint density at radius 3 is 2.10 bits per heavy atom. The number of aryl methyl sites for hydroxylation is 1. The molecule has 0 fully saturated rings. The normalized spacial score (nSPS) is 14.5. The van der Waals surface area contributed by atoms with Crippen LogP contribution >= 0.6 is 0 Å². The molecule has 2 heterocycles. The van der Waals surface area contributed by atoms with Crippen LogP contribution < -0.4 is 0 Å². The van der Waals surface area contributed by atoms with Crippen LogP contribution in [0.25, 0.3) is 11.5 Å². The van der Waals surface area contributed by atoms with E-state index in [1.165, 1.54) is 70.9 Å². The van der Waals surface area contributed by atoms with Gasteiger partial charge in [-0.3, -0.25) is 9.10 Å². The zero-order valence-electron chi connectivity index (χ0n) is 23.9. The number of nitrogens with zero attached hydrogens (tertiary/aromatic N) is 3. The first-order valence-electron chi connectivity index (χ1n) is 14.8. The first-order chi connectivity index (χ1) is 18.9. The molecule has 0 saturated carbocycles. The highest BCUT2D eigenvalue weighted by atomic mass is 32.2. The molecule has 39 heavy (non-hydrogen) atoms. The molecule has 3 rings (SSSR count). The van der Waals surface area contributed by atoms with Crippen LogP contribution in [0.15, 0.2) is 33.6 Å². The largest absolute Gasteiger partial charge is 0.423 e. The lowest BCUT2D eigenvalue weighted by Crippen LogP contribution is -2.31. The van der Waals surface area contributed by atoms with Gasteiger partial charge in [-0.25, -0.2) is 8.42 Å². The first kappa shape index (κ1) is 30.9. The number of aromatic nitrogens is 2. The van der Waals surface area contributed by atoms with E-state index in [0.29, 0.717) is 17.9 Å². The van der Waals surface area contributed by atoms with E-state index in [-0.39, 0.29) is 28.7 Å². The third kappa shape index (κ3) is 8.65. The number of ether oxygens (including phenoxy) is 1. The highest BCUT2D eigenvalue weighted by Crippen LogP contribution is 2.40. The number of esters is 1. The van der Waals surface area contributed by atoms with Crippen LogP contribution in [-0.2, 0) is 26.0 Å². The van der Waals surface area contributed by atoms with E-state index < -0.39 is 16.0 Å². The lowest BCUT2D eigenvalue weighted by atomic mass is 10.1. The van der Waals surface area contributed by atoms with Crippen LogP contribution in [0.5, 0.6) is 0 Å². The van der Waals surface area contributed by atoms with Crippen molar-refractivity contribution < 1.29 is 22.4 Å². The fourth-order valence-electron chi connectivity index (χ4n) is 4.83. The Bertz CT molecular complexity index is 1190. The SMILES string of the molecule is CCCCCCCCCC(=O)OC1=C(c2nnc(CCCCCCCCC)o2)N(C)S(=O)(=O)c2ccccc21. The van der Waals surface area contributed by atoms with E-state index in [0.717, 1.165) is 36.4 Å². The Morgan fingerprint density at radius 1 is 0.846 bits per heavy atom. The van der Waals surface area contributed by atoms with E-state index in [2.05, 4.69) is 24.0 Å². The number of hydrogen-bond acceptors (Lipinski definition) is 7. The van der Waals surface area contributed by atoms with Gasteiger partial charge in [0, 0.05) is 25.5 Å². The molecule has 216 valence electrons. The van der Waals surface area contributed by atoms with Gasteiger partial charge < -0.3 is 9.15 Å². The van der Waals surface area contributed by atoms with Crippen molar-refractivity contribution in [3.63, 3.8) is 0 Å². The molecule has 2 aromatic rings. The fourth-order valence-corrected chi connectivity index (χ4v) is 6.21. The zero-order chi connectivity index (χ0) is 28.1. The molecule has 1 aromatic carbocycles. The third-order valence-electron chi connectivity index (χ3n) is 7.16. The van der Waals surface area contributed by atoms with Gasteiger partial charge in [-0.2, -0.15) is 0 Å². The van der Waals surface area contributed by atoms with Crippen molar-refractivity contribution in [3.05, 3.63) is 41.6 Å². The predicted octanol–water partition coefficient (Wildman–Crippen LogP) is 7.51. The summed E-state index contributed by atoms with van der Waals surface area (Å²) in [7, 11) is -2.46. The Hall–Kier alpha value is -2.68. The summed E-state index contributed by atoms with van der Waals surface area (Å²) in [6.07, 6.45) is 16.7. The van der Waals surface area contributed by atoms with Gasteiger partial charge in [0.2, 0.25) is 5.89 Å².